The average molecular weight is 305 g/mol. The molecule has 0 radical (unpaired) electrons. The Morgan fingerprint density at radius 2 is 2.09 bits per heavy atom. The number of nitrogens with zero attached hydrogens (tertiary/aromatic N) is 2. The van der Waals surface area contributed by atoms with Crippen molar-refractivity contribution < 1.29 is 9.90 Å². The summed E-state index contributed by atoms with van der Waals surface area (Å²) in [6.45, 7) is 6.95. The molecular formula is C17H27N3O2. The molecule has 0 aliphatic carbocycles. The number of nitrogens with one attached hydrogen (secondary N) is 1. The molecule has 5 nitrogen and oxygen atoms in total. The van der Waals surface area contributed by atoms with E-state index in [1.165, 1.54) is 12.8 Å². The summed E-state index contributed by atoms with van der Waals surface area (Å²) in [6, 6.07) is 3.77. The van der Waals surface area contributed by atoms with Crippen LogP contribution in [0.4, 0.5) is 5.82 Å². The van der Waals surface area contributed by atoms with Crippen molar-refractivity contribution in [2.24, 2.45) is 5.41 Å². The van der Waals surface area contributed by atoms with Gasteiger partial charge in [-0.25, -0.2) is 4.98 Å². The fourth-order valence-electron chi connectivity index (χ4n) is 2.60. The van der Waals surface area contributed by atoms with Gasteiger partial charge in [-0.2, -0.15) is 0 Å². The van der Waals surface area contributed by atoms with E-state index < -0.39 is 0 Å². The van der Waals surface area contributed by atoms with Crippen LogP contribution in [0.1, 0.15) is 49.9 Å². The Balaban J connectivity index is 1.77. The molecule has 1 aliphatic heterocycles. The van der Waals surface area contributed by atoms with E-state index in [-0.39, 0.29) is 17.9 Å². The summed E-state index contributed by atoms with van der Waals surface area (Å²) in [5.41, 5.74) is 0.522. The molecule has 1 fully saturated rings. The Morgan fingerprint density at radius 1 is 1.36 bits per heavy atom. The molecule has 122 valence electrons. The van der Waals surface area contributed by atoms with E-state index in [2.05, 4.69) is 15.2 Å². The number of aromatic nitrogens is 1. The number of hydrogen-bond donors (Lipinski definition) is 2. The molecule has 1 amide bonds. The Bertz CT molecular complexity index is 479. The maximum Gasteiger partial charge on any atom is 0.252 e. The van der Waals surface area contributed by atoms with Gasteiger partial charge in [0.2, 0.25) is 0 Å². The van der Waals surface area contributed by atoms with Gasteiger partial charge in [-0.15, -0.1) is 0 Å². The molecule has 0 atom stereocenters. The Kier molecular flexibility index (Phi) is 5.77. The van der Waals surface area contributed by atoms with Gasteiger partial charge in [0.25, 0.3) is 5.91 Å². The first kappa shape index (κ1) is 16.7. The summed E-state index contributed by atoms with van der Waals surface area (Å²) in [7, 11) is 0. The Labute approximate surface area is 132 Å². The lowest BCUT2D eigenvalue weighted by Crippen LogP contribution is -2.26. The van der Waals surface area contributed by atoms with Gasteiger partial charge in [-0.3, -0.25) is 4.79 Å². The first-order valence-corrected chi connectivity index (χ1v) is 8.12. The van der Waals surface area contributed by atoms with Crippen LogP contribution in [-0.2, 0) is 0 Å². The first-order valence-electron chi connectivity index (χ1n) is 8.12. The van der Waals surface area contributed by atoms with Gasteiger partial charge in [0.15, 0.2) is 0 Å². The number of aliphatic hydroxyl groups is 1. The van der Waals surface area contributed by atoms with E-state index >= 15 is 0 Å². The minimum Gasteiger partial charge on any atom is -0.396 e. The lowest BCUT2D eigenvalue weighted by Gasteiger charge is -2.21. The molecule has 2 rings (SSSR count). The highest BCUT2D eigenvalue weighted by molar-refractivity contribution is 5.94. The third-order valence-electron chi connectivity index (χ3n) is 4.18. The number of rotatable bonds is 7. The van der Waals surface area contributed by atoms with Crippen LogP contribution < -0.4 is 10.2 Å². The zero-order chi connectivity index (χ0) is 16.0. The molecule has 1 aromatic rings. The first-order chi connectivity index (χ1) is 10.5. The predicted molar refractivity (Wildman–Crippen MR) is 88.1 cm³/mol. The number of anilines is 1. The van der Waals surface area contributed by atoms with Crippen molar-refractivity contribution in [3.63, 3.8) is 0 Å². The van der Waals surface area contributed by atoms with Crippen LogP contribution in [0.15, 0.2) is 18.3 Å². The van der Waals surface area contributed by atoms with Gasteiger partial charge in [-0.05, 0) is 43.2 Å². The molecule has 0 spiro atoms. The molecule has 1 saturated heterocycles. The molecule has 1 aromatic heterocycles. The molecule has 0 unspecified atom stereocenters. The summed E-state index contributed by atoms with van der Waals surface area (Å²) in [5, 5.41) is 12.1. The van der Waals surface area contributed by atoms with Crippen molar-refractivity contribution in [3.8, 4) is 0 Å². The van der Waals surface area contributed by atoms with Gasteiger partial charge in [0, 0.05) is 32.4 Å². The molecule has 0 bridgehead atoms. The van der Waals surface area contributed by atoms with Crippen molar-refractivity contribution >= 4 is 11.7 Å². The molecule has 1 aliphatic rings. The monoisotopic (exact) mass is 305 g/mol. The highest BCUT2D eigenvalue weighted by Crippen LogP contribution is 2.20. The predicted octanol–water partition coefficient (Wildman–Crippen LogP) is 2.21. The van der Waals surface area contributed by atoms with Crippen molar-refractivity contribution in [1.29, 1.82) is 0 Å². The van der Waals surface area contributed by atoms with Crippen LogP contribution in [0.25, 0.3) is 0 Å². The zero-order valence-electron chi connectivity index (χ0n) is 13.6. The van der Waals surface area contributed by atoms with E-state index in [0.717, 1.165) is 31.7 Å². The van der Waals surface area contributed by atoms with Crippen molar-refractivity contribution in [1.82, 2.24) is 10.3 Å². The number of pyridine rings is 1. The van der Waals surface area contributed by atoms with Crippen molar-refractivity contribution in [3.05, 3.63) is 23.9 Å². The van der Waals surface area contributed by atoms with Crippen LogP contribution in [0.3, 0.4) is 0 Å². The van der Waals surface area contributed by atoms with Crippen LogP contribution in [0, 0.1) is 5.41 Å². The van der Waals surface area contributed by atoms with Gasteiger partial charge in [0.1, 0.15) is 5.82 Å². The second-order valence-electron chi connectivity index (χ2n) is 6.78. The quantitative estimate of drug-likeness (QED) is 0.758. The fourth-order valence-corrected chi connectivity index (χ4v) is 2.60. The lowest BCUT2D eigenvalue weighted by molar-refractivity contribution is 0.0948. The third-order valence-corrected chi connectivity index (χ3v) is 4.18. The zero-order valence-corrected chi connectivity index (χ0v) is 13.6. The molecule has 2 N–H and O–H groups in total. The van der Waals surface area contributed by atoms with Crippen molar-refractivity contribution in [2.75, 3.05) is 31.1 Å². The number of carbonyl (C=O) groups excluding carboxylic acids is 1. The Hall–Kier alpha value is -1.62. The molecule has 0 saturated carbocycles. The number of carbonyl (C=O) groups is 1. The van der Waals surface area contributed by atoms with Gasteiger partial charge < -0.3 is 15.3 Å². The summed E-state index contributed by atoms with van der Waals surface area (Å²) in [6.07, 6.45) is 5.83. The van der Waals surface area contributed by atoms with Crippen molar-refractivity contribution in [2.45, 2.75) is 39.5 Å². The fraction of sp³-hybridized carbons (Fsp3) is 0.647. The number of hydrogen-bond acceptors (Lipinski definition) is 4. The topological polar surface area (TPSA) is 65.5 Å². The summed E-state index contributed by atoms with van der Waals surface area (Å²) < 4.78 is 0. The Morgan fingerprint density at radius 3 is 2.68 bits per heavy atom. The lowest BCUT2D eigenvalue weighted by atomic mass is 9.89. The SMILES string of the molecule is CC(C)(CO)CCCNC(=O)c1ccc(N2CCCC2)nc1. The van der Waals surface area contributed by atoms with Gasteiger partial charge >= 0.3 is 0 Å². The van der Waals surface area contributed by atoms with E-state index in [9.17, 15) is 9.90 Å². The summed E-state index contributed by atoms with van der Waals surface area (Å²) >= 11 is 0. The van der Waals surface area contributed by atoms with E-state index in [1.54, 1.807) is 6.20 Å². The molecule has 2 heterocycles. The smallest absolute Gasteiger partial charge is 0.252 e. The normalized spacial score (nSPS) is 15.1. The van der Waals surface area contributed by atoms with Gasteiger partial charge in [-0.1, -0.05) is 13.8 Å². The molecule has 5 heteroatoms. The van der Waals surface area contributed by atoms with E-state index in [4.69, 9.17) is 0 Å². The highest BCUT2D eigenvalue weighted by Gasteiger charge is 2.16. The second kappa shape index (κ2) is 7.58. The molecule has 22 heavy (non-hydrogen) atoms. The van der Waals surface area contributed by atoms with E-state index in [0.29, 0.717) is 12.1 Å². The standard InChI is InChI=1S/C17H27N3O2/c1-17(2,13-21)8-5-9-18-16(22)14-6-7-15(19-12-14)20-10-3-4-11-20/h6-7,12,21H,3-5,8-11,13H2,1-2H3,(H,18,22). The van der Waals surface area contributed by atoms with Crippen LogP contribution >= 0.6 is 0 Å². The maximum atomic E-state index is 12.1. The van der Waals surface area contributed by atoms with Crippen LogP contribution in [-0.4, -0.2) is 42.2 Å². The minimum atomic E-state index is -0.0812. The number of amides is 1. The highest BCUT2D eigenvalue weighted by atomic mass is 16.3. The average Bonchev–Trinajstić information content (AvgIpc) is 3.06. The molecular weight excluding hydrogens is 278 g/mol. The maximum absolute atomic E-state index is 12.1. The van der Waals surface area contributed by atoms with Crippen LogP contribution in [0.5, 0.6) is 0 Å². The van der Waals surface area contributed by atoms with Gasteiger partial charge in [0.05, 0.1) is 5.56 Å². The largest absolute Gasteiger partial charge is 0.396 e. The van der Waals surface area contributed by atoms with Crippen LogP contribution in [0.2, 0.25) is 0 Å². The van der Waals surface area contributed by atoms with E-state index in [1.807, 2.05) is 26.0 Å². The number of aliphatic hydroxyl groups excluding tert-OH is 1. The summed E-state index contributed by atoms with van der Waals surface area (Å²) in [5.74, 6) is 0.876. The second-order valence-corrected chi connectivity index (χ2v) is 6.78. The summed E-state index contributed by atoms with van der Waals surface area (Å²) in [4.78, 5) is 18.7. The molecule has 0 aromatic carbocycles. The minimum absolute atomic E-state index is 0.0797. The third kappa shape index (κ3) is 4.70.